The molecule has 5 rings (SSSR count). The molecule has 202 valence electrons. The van der Waals surface area contributed by atoms with Gasteiger partial charge in [-0.05, 0) is 91.3 Å². The summed E-state index contributed by atoms with van der Waals surface area (Å²) < 4.78 is 0. The Morgan fingerprint density at radius 1 is 1.05 bits per heavy atom. The van der Waals surface area contributed by atoms with Gasteiger partial charge in [-0.1, -0.05) is 47.1 Å². The minimum absolute atomic E-state index is 0.0201. The zero-order valence-electron chi connectivity index (χ0n) is 23.6. The van der Waals surface area contributed by atoms with Crippen molar-refractivity contribution in [3.63, 3.8) is 0 Å². The predicted molar refractivity (Wildman–Crippen MR) is 143 cm³/mol. The second-order valence-corrected chi connectivity index (χ2v) is 14.5. The second-order valence-electron chi connectivity index (χ2n) is 14.5. The van der Waals surface area contributed by atoms with Crippen LogP contribution in [0.3, 0.4) is 0 Å². The lowest BCUT2D eigenvalue weighted by atomic mass is 9.37. The molecular weight excluding hydrogens is 460 g/mol. The Morgan fingerprint density at radius 3 is 2.51 bits per heavy atom. The zero-order chi connectivity index (χ0) is 26.8. The number of ketones is 2. The van der Waals surface area contributed by atoms with Crippen molar-refractivity contribution < 1.29 is 14.4 Å². The summed E-state index contributed by atoms with van der Waals surface area (Å²) in [6.45, 7) is 12.1. The number of allylic oxidation sites excluding steroid dienone is 2. The first-order valence-electron chi connectivity index (χ1n) is 14.9. The number of hydrogen-bond donors (Lipinski definition) is 1. The van der Waals surface area contributed by atoms with Gasteiger partial charge in [0.25, 0.3) is 0 Å². The van der Waals surface area contributed by atoms with Crippen LogP contribution in [0.15, 0.2) is 11.6 Å². The monoisotopic (exact) mass is 506 g/mol. The van der Waals surface area contributed by atoms with Crippen molar-refractivity contribution in [3.8, 4) is 6.07 Å². The van der Waals surface area contributed by atoms with Crippen LogP contribution in [0.5, 0.6) is 0 Å². The van der Waals surface area contributed by atoms with Crippen LogP contribution in [0.25, 0.3) is 0 Å². The molecule has 1 amide bonds. The molecule has 0 aromatic rings. The van der Waals surface area contributed by atoms with E-state index in [0.717, 1.165) is 64.3 Å². The zero-order valence-corrected chi connectivity index (χ0v) is 23.6. The van der Waals surface area contributed by atoms with Crippen molar-refractivity contribution in [1.82, 2.24) is 5.32 Å². The molecule has 5 nitrogen and oxygen atoms in total. The van der Waals surface area contributed by atoms with E-state index in [1.54, 1.807) is 0 Å². The van der Waals surface area contributed by atoms with Crippen molar-refractivity contribution in [1.29, 1.82) is 5.26 Å². The normalized spacial score (nSPS) is 44.3. The fraction of sp³-hybridized carbons (Fsp3) is 0.812. The number of nitrogens with zero attached hydrogens (tertiary/aromatic N) is 1. The van der Waals surface area contributed by atoms with Gasteiger partial charge in [0, 0.05) is 25.3 Å². The van der Waals surface area contributed by atoms with Gasteiger partial charge in [0.1, 0.15) is 11.9 Å². The van der Waals surface area contributed by atoms with Crippen molar-refractivity contribution in [2.45, 2.75) is 105 Å². The first-order chi connectivity index (χ1) is 17.4. The third kappa shape index (κ3) is 3.95. The molecular formula is C32H46N2O3. The number of carbonyl (C=O) groups excluding carboxylic acids is 3. The number of unbranched alkanes of at least 4 members (excludes halogenated alkanes) is 1. The maximum atomic E-state index is 14.3. The molecule has 37 heavy (non-hydrogen) atoms. The van der Waals surface area contributed by atoms with Crippen LogP contribution in [0, 0.1) is 62.6 Å². The first-order valence-corrected chi connectivity index (χ1v) is 14.9. The van der Waals surface area contributed by atoms with E-state index in [2.05, 4.69) is 46.0 Å². The maximum absolute atomic E-state index is 14.3. The largest absolute Gasteiger partial charge is 0.356 e. The minimum Gasteiger partial charge on any atom is -0.356 e. The SMILES string of the molecule is CCCCNC(=O)C12CCC3C(C(=O)CC4C5(C)C=C(C#N)C(=O)CC5CCC34C)C1CC(C)(C)CC2. The standard InChI is InChI=1S/C32H46N2O3/c1-6-7-14-34-28(37)32-11-9-22-27(23(32)18-29(2,3)12-13-32)25(36)16-26-30(22,4)10-8-21-15-24(35)20(19-33)17-31(21,26)5/h17,21-23,26-27H,6-16,18H2,1-5H3,(H,34,37). The van der Waals surface area contributed by atoms with E-state index in [-0.39, 0.29) is 63.1 Å². The Balaban J connectivity index is 1.52. The molecule has 0 bridgehead atoms. The Morgan fingerprint density at radius 2 is 1.81 bits per heavy atom. The number of nitriles is 1. The van der Waals surface area contributed by atoms with Crippen LogP contribution in [-0.2, 0) is 14.4 Å². The number of Topliss-reactive ketones (excluding diaryl/α,β-unsaturated/α-hetero) is 2. The quantitative estimate of drug-likeness (QED) is 0.462. The Labute approximate surface area is 223 Å². The van der Waals surface area contributed by atoms with E-state index in [1.165, 1.54) is 0 Å². The minimum atomic E-state index is -0.421. The molecule has 4 saturated carbocycles. The summed E-state index contributed by atoms with van der Waals surface area (Å²) in [4.78, 5) is 40.7. The van der Waals surface area contributed by atoms with E-state index in [4.69, 9.17) is 0 Å². The lowest BCUT2D eigenvalue weighted by Gasteiger charge is -2.66. The van der Waals surface area contributed by atoms with E-state index < -0.39 is 5.41 Å². The topological polar surface area (TPSA) is 87.0 Å². The summed E-state index contributed by atoms with van der Waals surface area (Å²) in [6, 6.07) is 2.15. The number of hydrogen-bond acceptors (Lipinski definition) is 4. The molecule has 8 atom stereocenters. The van der Waals surface area contributed by atoms with Gasteiger partial charge < -0.3 is 5.32 Å². The number of amides is 1. The fourth-order valence-electron chi connectivity index (χ4n) is 9.99. The molecule has 0 aromatic carbocycles. The highest BCUT2D eigenvalue weighted by atomic mass is 16.2. The average Bonchev–Trinajstić information content (AvgIpc) is 2.85. The molecule has 5 aliphatic carbocycles. The molecule has 5 aliphatic rings. The van der Waals surface area contributed by atoms with Crippen molar-refractivity contribution >= 4 is 17.5 Å². The van der Waals surface area contributed by atoms with Crippen LogP contribution in [0.4, 0.5) is 0 Å². The summed E-state index contributed by atoms with van der Waals surface area (Å²) >= 11 is 0. The molecule has 0 saturated heterocycles. The number of rotatable bonds is 4. The summed E-state index contributed by atoms with van der Waals surface area (Å²) in [5.74, 6) is 1.17. The van der Waals surface area contributed by atoms with Gasteiger partial charge in [-0.2, -0.15) is 5.26 Å². The lowest BCUT2D eigenvalue weighted by Crippen LogP contribution is -2.65. The molecule has 0 radical (unpaired) electrons. The van der Waals surface area contributed by atoms with E-state index >= 15 is 0 Å². The third-order valence-corrected chi connectivity index (χ3v) is 12.2. The highest BCUT2D eigenvalue weighted by Crippen LogP contribution is 2.70. The van der Waals surface area contributed by atoms with Crippen LogP contribution in [0.1, 0.15) is 105 Å². The third-order valence-electron chi connectivity index (χ3n) is 12.2. The molecule has 0 aromatic heterocycles. The van der Waals surface area contributed by atoms with E-state index in [1.807, 2.05) is 6.08 Å². The van der Waals surface area contributed by atoms with Crippen LogP contribution in [0.2, 0.25) is 0 Å². The van der Waals surface area contributed by atoms with Gasteiger partial charge in [-0.15, -0.1) is 0 Å². The Kier molecular flexibility index (Phi) is 6.52. The van der Waals surface area contributed by atoms with Crippen LogP contribution in [-0.4, -0.2) is 24.0 Å². The molecule has 0 aliphatic heterocycles. The van der Waals surface area contributed by atoms with Crippen molar-refractivity contribution in [2.24, 2.45) is 51.2 Å². The summed E-state index contributed by atoms with van der Waals surface area (Å²) in [6.07, 6.45) is 11.6. The van der Waals surface area contributed by atoms with Gasteiger partial charge in [-0.25, -0.2) is 0 Å². The summed E-state index contributed by atoms with van der Waals surface area (Å²) in [7, 11) is 0. The summed E-state index contributed by atoms with van der Waals surface area (Å²) in [5, 5.41) is 12.9. The van der Waals surface area contributed by atoms with Gasteiger partial charge in [0.2, 0.25) is 5.91 Å². The smallest absolute Gasteiger partial charge is 0.226 e. The van der Waals surface area contributed by atoms with Gasteiger partial charge in [0.05, 0.1) is 11.0 Å². The highest BCUT2D eigenvalue weighted by Gasteiger charge is 2.67. The van der Waals surface area contributed by atoms with Crippen molar-refractivity contribution in [3.05, 3.63) is 11.6 Å². The molecule has 0 heterocycles. The number of carbonyl (C=O) groups is 3. The van der Waals surface area contributed by atoms with Gasteiger partial charge in [0.15, 0.2) is 5.78 Å². The summed E-state index contributed by atoms with van der Waals surface area (Å²) in [5.41, 5.74) is -0.318. The average molecular weight is 507 g/mol. The second kappa shape index (κ2) is 9.06. The van der Waals surface area contributed by atoms with Crippen LogP contribution >= 0.6 is 0 Å². The lowest BCUT2D eigenvalue weighted by molar-refractivity contribution is -0.186. The molecule has 4 fully saturated rings. The Bertz CT molecular complexity index is 1070. The van der Waals surface area contributed by atoms with E-state index in [0.29, 0.717) is 18.6 Å². The van der Waals surface area contributed by atoms with Gasteiger partial charge in [-0.3, -0.25) is 14.4 Å². The maximum Gasteiger partial charge on any atom is 0.226 e. The number of fused-ring (bicyclic) bond motifs is 7. The molecule has 0 spiro atoms. The fourth-order valence-corrected chi connectivity index (χ4v) is 9.99. The Hall–Kier alpha value is -1.96. The molecule has 1 N–H and O–H groups in total. The highest BCUT2D eigenvalue weighted by molar-refractivity contribution is 6.00. The van der Waals surface area contributed by atoms with Gasteiger partial charge >= 0.3 is 0 Å². The van der Waals surface area contributed by atoms with Crippen molar-refractivity contribution in [2.75, 3.05) is 6.54 Å². The number of nitrogens with one attached hydrogen (secondary N) is 1. The first kappa shape index (κ1) is 26.6. The van der Waals surface area contributed by atoms with Crippen LogP contribution < -0.4 is 5.32 Å². The van der Waals surface area contributed by atoms with E-state index in [9.17, 15) is 19.6 Å². The molecule has 5 heteroatoms. The predicted octanol–water partition coefficient (Wildman–Crippen LogP) is 6.18. The molecule has 8 unspecified atom stereocenters.